The third-order valence-electron chi connectivity index (χ3n) is 3.61. The molecule has 10 heteroatoms. The largest absolute Gasteiger partial charge is 0.408 e. The van der Waals surface area contributed by atoms with Crippen LogP contribution in [-0.2, 0) is 17.8 Å². The van der Waals surface area contributed by atoms with Gasteiger partial charge in [-0.1, -0.05) is 30.3 Å². The van der Waals surface area contributed by atoms with Gasteiger partial charge in [-0.2, -0.15) is 18.3 Å². The van der Waals surface area contributed by atoms with Gasteiger partial charge in [-0.15, -0.1) is 0 Å². The number of rotatable bonds is 4. The van der Waals surface area contributed by atoms with Gasteiger partial charge >= 0.3 is 6.18 Å². The van der Waals surface area contributed by atoms with E-state index in [-0.39, 0.29) is 23.3 Å². The number of nitrogens with one attached hydrogen (secondary N) is 1. The number of hydrogen-bond donors (Lipinski definition) is 1. The Labute approximate surface area is 145 Å². The van der Waals surface area contributed by atoms with Crippen LogP contribution in [0.1, 0.15) is 11.4 Å². The second-order valence-corrected chi connectivity index (χ2v) is 5.65. The predicted molar refractivity (Wildman–Crippen MR) is 87.1 cm³/mol. The molecule has 0 aliphatic heterocycles. The number of aryl methyl sites for hydroxylation is 1. The minimum absolute atomic E-state index is 0.0398. The van der Waals surface area contributed by atoms with E-state index in [1.54, 1.807) is 24.3 Å². The molecular weight excluding hydrogens is 351 g/mol. The first kappa shape index (κ1) is 17.6. The van der Waals surface area contributed by atoms with Gasteiger partial charge in [0, 0.05) is 0 Å². The van der Waals surface area contributed by atoms with Crippen molar-refractivity contribution in [2.45, 2.75) is 26.1 Å². The molecule has 136 valence electrons. The van der Waals surface area contributed by atoms with Crippen molar-refractivity contribution in [3.63, 3.8) is 0 Å². The maximum Gasteiger partial charge on any atom is 0.408 e. The van der Waals surface area contributed by atoms with Gasteiger partial charge in [0.2, 0.25) is 5.91 Å². The molecule has 3 rings (SSSR count). The molecule has 0 spiro atoms. The number of carbonyl (C=O) groups is 1. The number of fused-ring (bicyclic) bond motifs is 1. The highest BCUT2D eigenvalue weighted by molar-refractivity contribution is 5.86. The van der Waals surface area contributed by atoms with Crippen molar-refractivity contribution in [3.8, 4) is 0 Å². The van der Waals surface area contributed by atoms with Crippen LogP contribution in [0.3, 0.4) is 0 Å². The quantitative estimate of drug-likeness (QED) is 0.764. The third kappa shape index (κ3) is 3.73. The molecule has 2 aromatic heterocycles. The van der Waals surface area contributed by atoms with E-state index < -0.39 is 24.2 Å². The number of benzene rings is 1. The first-order chi connectivity index (χ1) is 12.2. The van der Waals surface area contributed by atoms with Gasteiger partial charge in [0.25, 0.3) is 5.56 Å². The van der Waals surface area contributed by atoms with Crippen molar-refractivity contribution in [2.75, 3.05) is 5.43 Å². The van der Waals surface area contributed by atoms with Crippen LogP contribution in [0, 0.1) is 6.92 Å². The number of amides is 1. The Morgan fingerprint density at radius 3 is 2.58 bits per heavy atom. The molecule has 0 saturated carbocycles. The number of nitrogens with zero attached hydrogens (tertiary/aromatic N) is 4. The van der Waals surface area contributed by atoms with E-state index in [0.29, 0.717) is 4.68 Å². The monoisotopic (exact) mass is 365 g/mol. The SMILES string of the molecule is Cc1nc2c(cnn2CC(F)(F)F)c(=O)n1NC(=O)Cc1ccccc1. The summed E-state index contributed by atoms with van der Waals surface area (Å²) in [5.74, 6) is -0.405. The Hall–Kier alpha value is -3.17. The first-order valence-corrected chi connectivity index (χ1v) is 7.60. The van der Waals surface area contributed by atoms with Gasteiger partial charge in [0.15, 0.2) is 5.65 Å². The number of aromatic nitrogens is 4. The fourth-order valence-electron chi connectivity index (χ4n) is 2.48. The van der Waals surface area contributed by atoms with Crippen molar-refractivity contribution in [2.24, 2.45) is 0 Å². The van der Waals surface area contributed by atoms with E-state index in [1.807, 2.05) is 6.07 Å². The molecule has 2 heterocycles. The zero-order chi connectivity index (χ0) is 18.9. The molecule has 0 saturated heterocycles. The fraction of sp³-hybridized carbons (Fsp3) is 0.250. The summed E-state index contributed by atoms with van der Waals surface area (Å²) >= 11 is 0. The van der Waals surface area contributed by atoms with E-state index >= 15 is 0 Å². The van der Waals surface area contributed by atoms with Gasteiger partial charge in [0.1, 0.15) is 17.8 Å². The molecule has 1 N–H and O–H groups in total. The van der Waals surface area contributed by atoms with Crippen LogP contribution in [0.4, 0.5) is 13.2 Å². The maximum atomic E-state index is 12.6. The van der Waals surface area contributed by atoms with Crippen LogP contribution >= 0.6 is 0 Å². The average Bonchev–Trinajstić information content (AvgIpc) is 2.93. The van der Waals surface area contributed by atoms with Crippen molar-refractivity contribution >= 4 is 16.9 Å². The van der Waals surface area contributed by atoms with Gasteiger partial charge < -0.3 is 0 Å². The molecule has 1 amide bonds. The Bertz CT molecular complexity index is 1010. The highest BCUT2D eigenvalue weighted by atomic mass is 19.4. The minimum Gasteiger partial charge on any atom is -0.273 e. The summed E-state index contributed by atoms with van der Waals surface area (Å²) in [6.07, 6.45) is -3.44. The molecule has 1 aromatic carbocycles. The van der Waals surface area contributed by atoms with Gasteiger partial charge in [-0.05, 0) is 12.5 Å². The number of carbonyl (C=O) groups excluding carboxylic acids is 1. The van der Waals surface area contributed by atoms with E-state index in [4.69, 9.17) is 0 Å². The molecule has 0 atom stereocenters. The van der Waals surface area contributed by atoms with Crippen LogP contribution in [0.25, 0.3) is 11.0 Å². The van der Waals surface area contributed by atoms with Crippen LogP contribution in [-0.4, -0.2) is 31.5 Å². The van der Waals surface area contributed by atoms with Crippen LogP contribution < -0.4 is 11.0 Å². The van der Waals surface area contributed by atoms with E-state index in [1.165, 1.54) is 6.92 Å². The Morgan fingerprint density at radius 2 is 1.92 bits per heavy atom. The molecule has 0 bridgehead atoms. The lowest BCUT2D eigenvalue weighted by Gasteiger charge is -2.12. The number of halogens is 3. The topological polar surface area (TPSA) is 81.8 Å². The highest BCUT2D eigenvalue weighted by Crippen LogP contribution is 2.19. The average molecular weight is 365 g/mol. The van der Waals surface area contributed by atoms with Crippen LogP contribution in [0.5, 0.6) is 0 Å². The molecule has 0 fully saturated rings. The van der Waals surface area contributed by atoms with Crippen LogP contribution in [0.15, 0.2) is 41.3 Å². The number of alkyl halides is 3. The predicted octanol–water partition coefficient (Wildman–Crippen LogP) is 1.78. The lowest BCUT2D eigenvalue weighted by Crippen LogP contribution is -2.36. The molecule has 26 heavy (non-hydrogen) atoms. The summed E-state index contributed by atoms with van der Waals surface area (Å²) in [4.78, 5) is 28.6. The van der Waals surface area contributed by atoms with Crippen molar-refractivity contribution in [1.82, 2.24) is 19.4 Å². The summed E-state index contributed by atoms with van der Waals surface area (Å²) in [5, 5.41) is 3.47. The standard InChI is InChI=1S/C16H14F3N5O2/c1-10-21-14-12(8-20-23(14)9-16(17,18)19)15(26)24(10)22-13(25)7-11-5-3-2-4-6-11/h2-6,8H,7,9H2,1H3,(H,22,25). The molecule has 0 radical (unpaired) electrons. The zero-order valence-corrected chi connectivity index (χ0v) is 13.6. The van der Waals surface area contributed by atoms with Crippen molar-refractivity contribution in [1.29, 1.82) is 0 Å². The van der Waals surface area contributed by atoms with E-state index in [9.17, 15) is 22.8 Å². The second kappa shape index (κ2) is 6.62. The van der Waals surface area contributed by atoms with Crippen molar-refractivity contribution < 1.29 is 18.0 Å². The summed E-state index contributed by atoms with van der Waals surface area (Å²) in [6, 6.07) is 8.90. The Balaban J connectivity index is 1.90. The maximum absolute atomic E-state index is 12.6. The minimum atomic E-state index is -4.49. The lowest BCUT2D eigenvalue weighted by molar-refractivity contribution is -0.141. The molecule has 0 aliphatic carbocycles. The smallest absolute Gasteiger partial charge is 0.273 e. The number of hydrogen-bond acceptors (Lipinski definition) is 4. The second-order valence-electron chi connectivity index (χ2n) is 5.65. The molecule has 0 unspecified atom stereocenters. The Morgan fingerprint density at radius 1 is 1.23 bits per heavy atom. The van der Waals surface area contributed by atoms with Gasteiger partial charge in [-0.25, -0.2) is 14.3 Å². The first-order valence-electron chi connectivity index (χ1n) is 7.60. The van der Waals surface area contributed by atoms with E-state index in [0.717, 1.165) is 16.4 Å². The molecule has 3 aromatic rings. The molecular formula is C16H14F3N5O2. The van der Waals surface area contributed by atoms with Gasteiger partial charge in [-0.3, -0.25) is 15.0 Å². The Kier molecular flexibility index (Phi) is 4.49. The van der Waals surface area contributed by atoms with E-state index in [2.05, 4.69) is 15.5 Å². The summed E-state index contributed by atoms with van der Waals surface area (Å²) in [6.45, 7) is 0.0569. The third-order valence-corrected chi connectivity index (χ3v) is 3.61. The fourth-order valence-corrected chi connectivity index (χ4v) is 2.48. The zero-order valence-electron chi connectivity index (χ0n) is 13.6. The van der Waals surface area contributed by atoms with Crippen LogP contribution in [0.2, 0.25) is 0 Å². The molecule has 0 aliphatic rings. The molecule has 7 nitrogen and oxygen atoms in total. The highest BCUT2D eigenvalue weighted by Gasteiger charge is 2.30. The lowest BCUT2D eigenvalue weighted by atomic mass is 10.1. The summed E-state index contributed by atoms with van der Waals surface area (Å²) < 4.78 is 39.3. The normalized spacial score (nSPS) is 11.7. The summed E-state index contributed by atoms with van der Waals surface area (Å²) in [7, 11) is 0. The van der Waals surface area contributed by atoms with Crippen molar-refractivity contribution in [3.05, 3.63) is 58.3 Å². The van der Waals surface area contributed by atoms with Gasteiger partial charge in [0.05, 0.1) is 12.6 Å². The summed E-state index contributed by atoms with van der Waals surface area (Å²) in [5.41, 5.74) is 2.30.